The molecule has 2 atom stereocenters. The Morgan fingerprint density at radius 1 is 1.60 bits per heavy atom. The van der Waals surface area contributed by atoms with Crippen LogP contribution in [0.5, 0.6) is 0 Å². The van der Waals surface area contributed by atoms with E-state index in [0.29, 0.717) is 12.0 Å². The van der Waals surface area contributed by atoms with Crippen LogP contribution in [0, 0.1) is 5.92 Å². The van der Waals surface area contributed by atoms with Gasteiger partial charge in [0.1, 0.15) is 0 Å². The Morgan fingerprint density at radius 2 is 2.40 bits per heavy atom. The molecule has 2 heteroatoms. The van der Waals surface area contributed by atoms with Gasteiger partial charge in [0.05, 0.1) is 6.10 Å². The van der Waals surface area contributed by atoms with Crippen LogP contribution in [0.4, 0.5) is 0 Å². The molecule has 0 saturated carbocycles. The zero-order valence-corrected chi connectivity index (χ0v) is 6.68. The molecular weight excluding hydrogens is 126 g/mol. The van der Waals surface area contributed by atoms with Gasteiger partial charge in [-0.05, 0) is 25.3 Å². The fourth-order valence-electron chi connectivity index (χ4n) is 1.57. The summed E-state index contributed by atoms with van der Waals surface area (Å²) in [7, 11) is 0. The van der Waals surface area contributed by atoms with Gasteiger partial charge in [-0.1, -0.05) is 13.3 Å². The van der Waals surface area contributed by atoms with Gasteiger partial charge < -0.3 is 10.5 Å². The summed E-state index contributed by atoms with van der Waals surface area (Å²) in [6, 6.07) is 0. The van der Waals surface area contributed by atoms with Crippen LogP contribution in [0.15, 0.2) is 0 Å². The van der Waals surface area contributed by atoms with Crippen LogP contribution >= 0.6 is 0 Å². The molecule has 2 unspecified atom stereocenters. The Bertz CT molecular complexity index is 95.3. The highest BCUT2D eigenvalue weighted by Crippen LogP contribution is 2.22. The summed E-state index contributed by atoms with van der Waals surface area (Å²) in [5, 5.41) is 0. The van der Waals surface area contributed by atoms with E-state index < -0.39 is 0 Å². The van der Waals surface area contributed by atoms with E-state index in [2.05, 4.69) is 6.92 Å². The van der Waals surface area contributed by atoms with Crippen molar-refractivity contribution in [3.63, 3.8) is 0 Å². The molecule has 0 bridgehead atoms. The second kappa shape index (κ2) is 3.94. The Hall–Kier alpha value is -0.0800. The van der Waals surface area contributed by atoms with Crippen molar-refractivity contribution >= 4 is 0 Å². The molecule has 0 amide bonds. The third-order valence-corrected chi connectivity index (χ3v) is 2.22. The van der Waals surface area contributed by atoms with Crippen molar-refractivity contribution in [3.8, 4) is 0 Å². The van der Waals surface area contributed by atoms with Crippen LogP contribution in [0.25, 0.3) is 0 Å². The molecule has 2 nitrogen and oxygen atoms in total. The average molecular weight is 143 g/mol. The molecule has 10 heavy (non-hydrogen) atoms. The van der Waals surface area contributed by atoms with Crippen molar-refractivity contribution < 1.29 is 4.74 Å². The normalized spacial score (nSPS) is 33.0. The lowest BCUT2D eigenvalue weighted by atomic mass is 9.98. The third kappa shape index (κ3) is 1.70. The molecule has 0 spiro atoms. The first-order chi connectivity index (χ1) is 4.88. The Labute approximate surface area is 62.7 Å². The van der Waals surface area contributed by atoms with Crippen LogP contribution in [0.1, 0.15) is 26.2 Å². The summed E-state index contributed by atoms with van der Waals surface area (Å²) in [5.74, 6) is 0.639. The van der Waals surface area contributed by atoms with Gasteiger partial charge in [-0.3, -0.25) is 0 Å². The maximum atomic E-state index is 5.57. The SMILES string of the molecule is CCCC1OCCC1CN. The Kier molecular flexibility index (Phi) is 3.16. The number of ether oxygens (including phenoxy) is 1. The molecule has 1 saturated heterocycles. The summed E-state index contributed by atoms with van der Waals surface area (Å²) in [4.78, 5) is 0. The number of hydrogen-bond acceptors (Lipinski definition) is 2. The van der Waals surface area contributed by atoms with Gasteiger partial charge in [-0.15, -0.1) is 0 Å². The van der Waals surface area contributed by atoms with Gasteiger partial charge in [-0.25, -0.2) is 0 Å². The minimum Gasteiger partial charge on any atom is -0.378 e. The molecule has 0 aromatic carbocycles. The van der Waals surface area contributed by atoms with E-state index in [0.717, 1.165) is 13.2 Å². The second-order valence-electron chi connectivity index (χ2n) is 2.98. The molecule has 1 fully saturated rings. The highest BCUT2D eigenvalue weighted by atomic mass is 16.5. The van der Waals surface area contributed by atoms with E-state index in [1.165, 1.54) is 19.3 Å². The predicted octanol–water partition coefficient (Wildman–Crippen LogP) is 1.15. The lowest BCUT2D eigenvalue weighted by Gasteiger charge is -2.14. The highest BCUT2D eigenvalue weighted by Gasteiger charge is 2.25. The van der Waals surface area contributed by atoms with Crippen molar-refractivity contribution in [2.24, 2.45) is 11.7 Å². The fraction of sp³-hybridized carbons (Fsp3) is 1.00. The summed E-state index contributed by atoms with van der Waals surface area (Å²) in [6.07, 6.45) is 4.03. The summed E-state index contributed by atoms with van der Waals surface area (Å²) >= 11 is 0. The minimum atomic E-state index is 0.468. The first kappa shape index (κ1) is 8.02. The molecule has 0 aromatic heterocycles. The lowest BCUT2D eigenvalue weighted by molar-refractivity contribution is 0.0845. The van der Waals surface area contributed by atoms with E-state index in [1.54, 1.807) is 0 Å². The van der Waals surface area contributed by atoms with E-state index in [9.17, 15) is 0 Å². The van der Waals surface area contributed by atoms with E-state index in [4.69, 9.17) is 10.5 Å². The minimum absolute atomic E-state index is 0.468. The predicted molar refractivity (Wildman–Crippen MR) is 41.8 cm³/mol. The zero-order chi connectivity index (χ0) is 7.40. The van der Waals surface area contributed by atoms with Gasteiger partial charge >= 0.3 is 0 Å². The molecule has 60 valence electrons. The van der Waals surface area contributed by atoms with Gasteiger partial charge in [0.2, 0.25) is 0 Å². The van der Waals surface area contributed by atoms with Crippen molar-refractivity contribution in [2.75, 3.05) is 13.2 Å². The van der Waals surface area contributed by atoms with E-state index >= 15 is 0 Å². The van der Waals surface area contributed by atoms with Crippen molar-refractivity contribution in [3.05, 3.63) is 0 Å². The molecule has 1 aliphatic heterocycles. The standard InChI is InChI=1S/C8H17NO/c1-2-3-8-7(6-9)4-5-10-8/h7-8H,2-6,9H2,1H3. The van der Waals surface area contributed by atoms with Crippen LogP contribution in [0.2, 0.25) is 0 Å². The number of rotatable bonds is 3. The van der Waals surface area contributed by atoms with Crippen molar-refractivity contribution in [2.45, 2.75) is 32.3 Å². The van der Waals surface area contributed by atoms with Crippen LogP contribution in [0.3, 0.4) is 0 Å². The molecule has 0 radical (unpaired) electrons. The Morgan fingerprint density at radius 3 is 3.00 bits per heavy atom. The van der Waals surface area contributed by atoms with Crippen LogP contribution in [-0.4, -0.2) is 19.3 Å². The van der Waals surface area contributed by atoms with Gasteiger partial charge in [0, 0.05) is 6.61 Å². The molecular formula is C8H17NO. The molecule has 1 aliphatic rings. The van der Waals surface area contributed by atoms with Gasteiger partial charge in [0.15, 0.2) is 0 Å². The zero-order valence-electron chi connectivity index (χ0n) is 6.68. The topological polar surface area (TPSA) is 35.2 Å². The van der Waals surface area contributed by atoms with Gasteiger partial charge in [0.25, 0.3) is 0 Å². The number of nitrogens with two attached hydrogens (primary N) is 1. The largest absolute Gasteiger partial charge is 0.378 e. The second-order valence-corrected chi connectivity index (χ2v) is 2.98. The molecule has 0 aliphatic carbocycles. The smallest absolute Gasteiger partial charge is 0.0616 e. The van der Waals surface area contributed by atoms with Crippen molar-refractivity contribution in [1.82, 2.24) is 0 Å². The van der Waals surface area contributed by atoms with E-state index in [-0.39, 0.29) is 0 Å². The first-order valence-electron chi connectivity index (χ1n) is 4.20. The maximum absolute atomic E-state index is 5.57. The molecule has 1 rings (SSSR count). The average Bonchev–Trinajstić information content (AvgIpc) is 2.36. The summed E-state index contributed by atoms with van der Waals surface area (Å²) in [5.41, 5.74) is 5.57. The number of hydrogen-bond donors (Lipinski definition) is 1. The first-order valence-corrected chi connectivity index (χ1v) is 4.20. The van der Waals surface area contributed by atoms with Crippen LogP contribution in [-0.2, 0) is 4.74 Å². The fourth-order valence-corrected chi connectivity index (χ4v) is 1.57. The molecule has 1 heterocycles. The van der Waals surface area contributed by atoms with Crippen molar-refractivity contribution in [1.29, 1.82) is 0 Å². The highest BCUT2D eigenvalue weighted by molar-refractivity contribution is 4.76. The summed E-state index contributed by atoms with van der Waals surface area (Å²) in [6.45, 7) is 3.91. The quantitative estimate of drug-likeness (QED) is 0.643. The third-order valence-electron chi connectivity index (χ3n) is 2.22. The molecule has 0 aromatic rings. The van der Waals surface area contributed by atoms with E-state index in [1.807, 2.05) is 0 Å². The van der Waals surface area contributed by atoms with Gasteiger partial charge in [-0.2, -0.15) is 0 Å². The summed E-state index contributed by atoms with van der Waals surface area (Å²) < 4.78 is 5.52. The monoisotopic (exact) mass is 143 g/mol. The molecule has 2 N–H and O–H groups in total. The lowest BCUT2D eigenvalue weighted by Crippen LogP contribution is -2.23. The maximum Gasteiger partial charge on any atom is 0.0616 e. The Balaban J connectivity index is 2.27. The van der Waals surface area contributed by atoms with Crippen LogP contribution < -0.4 is 5.73 Å².